The lowest BCUT2D eigenvalue weighted by atomic mass is 10.1. The average Bonchev–Trinajstić information content (AvgIpc) is 3.01. The Morgan fingerprint density at radius 3 is 2.65 bits per heavy atom. The van der Waals surface area contributed by atoms with Crippen LogP contribution in [0.1, 0.15) is 35.6 Å². The molecule has 0 fully saturated rings. The summed E-state index contributed by atoms with van der Waals surface area (Å²) < 4.78 is 0. The number of benzene rings is 2. The second-order valence-electron chi connectivity index (χ2n) is 6.25. The molecule has 1 amide bonds. The molecule has 120 valence electrons. The molecule has 2 aromatic rings. The first kappa shape index (κ1) is 16.1. The number of carbonyl (C=O) groups excluding carboxylic acids is 1. The van der Waals surface area contributed by atoms with E-state index in [1.54, 1.807) is 11.8 Å². The lowest BCUT2D eigenvalue weighted by Gasteiger charge is -2.13. The number of carbonyl (C=O) groups is 1. The summed E-state index contributed by atoms with van der Waals surface area (Å²) >= 11 is 1.64. The van der Waals surface area contributed by atoms with Crippen molar-refractivity contribution in [3.63, 3.8) is 0 Å². The van der Waals surface area contributed by atoms with Crippen LogP contribution in [0, 0.1) is 6.92 Å². The Bertz CT molecular complexity index is 693. The van der Waals surface area contributed by atoms with E-state index in [1.165, 1.54) is 40.8 Å². The summed E-state index contributed by atoms with van der Waals surface area (Å²) in [7, 11) is 0. The van der Waals surface area contributed by atoms with Gasteiger partial charge in [-0.2, -0.15) is 0 Å². The third-order valence-corrected chi connectivity index (χ3v) is 5.43. The van der Waals surface area contributed by atoms with E-state index in [4.69, 9.17) is 0 Å². The molecule has 1 atom stereocenters. The minimum absolute atomic E-state index is 0.0834. The van der Waals surface area contributed by atoms with Gasteiger partial charge in [-0.05, 0) is 61.9 Å². The van der Waals surface area contributed by atoms with Crippen molar-refractivity contribution in [1.82, 2.24) is 5.32 Å². The molecule has 1 aliphatic rings. The van der Waals surface area contributed by atoms with Crippen molar-refractivity contribution in [2.75, 3.05) is 0 Å². The predicted octanol–water partition coefficient (Wildman–Crippen LogP) is 4.28. The number of aryl methyl sites for hydroxylation is 3. The van der Waals surface area contributed by atoms with Crippen LogP contribution in [0.3, 0.4) is 0 Å². The summed E-state index contributed by atoms with van der Waals surface area (Å²) in [4.78, 5) is 13.5. The van der Waals surface area contributed by atoms with E-state index in [2.05, 4.69) is 54.7 Å². The Balaban J connectivity index is 1.54. The maximum atomic E-state index is 12.3. The second kappa shape index (κ2) is 7.22. The molecule has 0 saturated carbocycles. The smallest absolute Gasteiger partial charge is 0.233 e. The molecule has 0 radical (unpaired) electrons. The molecule has 23 heavy (non-hydrogen) atoms. The van der Waals surface area contributed by atoms with Gasteiger partial charge in [-0.1, -0.05) is 35.9 Å². The Labute approximate surface area is 142 Å². The quantitative estimate of drug-likeness (QED) is 0.831. The summed E-state index contributed by atoms with van der Waals surface area (Å²) in [5.41, 5.74) is 5.31. The van der Waals surface area contributed by atoms with Gasteiger partial charge in [-0.3, -0.25) is 4.79 Å². The SMILES string of the molecule is Cc1ccc(CNC(=O)[C@@H](C)Sc2ccc3c(c2)CCC3)cc1. The third-order valence-electron chi connectivity index (χ3n) is 4.34. The highest BCUT2D eigenvalue weighted by molar-refractivity contribution is 8.00. The summed E-state index contributed by atoms with van der Waals surface area (Å²) in [6.45, 7) is 4.63. The number of hydrogen-bond donors (Lipinski definition) is 1. The zero-order valence-electron chi connectivity index (χ0n) is 13.8. The third kappa shape index (κ3) is 4.17. The molecule has 2 aromatic carbocycles. The molecule has 1 aliphatic carbocycles. The van der Waals surface area contributed by atoms with E-state index >= 15 is 0 Å². The summed E-state index contributed by atoms with van der Waals surface area (Å²) in [6.07, 6.45) is 3.64. The van der Waals surface area contributed by atoms with Gasteiger partial charge in [0.1, 0.15) is 0 Å². The Morgan fingerprint density at radius 1 is 1.13 bits per heavy atom. The first-order valence-electron chi connectivity index (χ1n) is 8.23. The minimum Gasteiger partial charge on any atom is -0.351 e. The van der Waals surface area contributed by atoms with Crippen LogP contribution in [-0.2, 0) is 24.2 Å². The van der Waals surface area contributed by atoms with E-state index in [1.807, 2.05) is 6.92 Å². The van der Waals surface area contributed by atoms with Gasteiger partial charge in [-0.25, -0.2) is 0 Å². The number of rotatable bonds is 5. The topological polar surface area (TPSA) is 29.1 Å². The van der Waals surface area contributed by atoms with E-state index in [0.717, 1.165) is 5.56 Å². The van der Waals surface area contributed by atoms with Crippen LogP contribution in [0.2, 0.25) is 0 Å². The van der Waals surface area contributed by atoms with Crippen molar-refractivity contribution >= 4 is 17.7 Å². The maximum absolute atomic E-state index is 12.3. The van der Waals surface area contributed by atoms with Crippen LogP contribution < -0.4 is 5.32 Å². The molecule has 0 unspecified atom stereocenters. The van der Waals surface area contributed by atoms with Crippen molar-refractivity contribution in [2.24, 2.45) is 0 Å². The van der Waals surface area contributed by atoms with Crippen molar-refractivity contribution in [3.05, 3.63) is 64.7 Å². The van der Waals surface area contributed by atoms with Crippen LogP contribution in [0.4, 0.5) is 0 Å². The monoisotopic (exact) mass is 325 g/mol. The molecule has 2 nitrogen and oxygen atoms in total. The molecule has 1 N–H and O–H groups in total. The van der Waals surface area contributed by atoms with Crippen molar-refractivity contribution in [3.8, 4) is 0 Å². The van der Waals surface area contributed by atoms with Gasteiger partial charge in [-0.15, -0.1) is 11.8 Å². The highest BCUT2D eigenvalue weighted by Crippen LogP contribution is 2.29. The molecule has 3 heteroatoms. The maximum Gasteiger partial charge on any atom is 0.233 e. The summed E-state index contributed by atoms with van der Waals surface area (Å²) in [5, 5.41) is 2.95. The molecule has 0 bridgehead atoms. The molecular formula is C20H23NOS. The average molecular weight is 325 g/mol. The zero-order valence-corrected chi connectivity index (χ0v) is 14.6. The molecule has 0 saturated heterocycles. The van der Waals surface area contributed by atoms with Gasteiger partial charge >= 0.3 is 0 Å². The van der Waals surface area contributed by atoms with E-state index in [9.17, 15) is 4.79 Å². The molecule has 0 spiro atoms. The molecule has 0 aromatic heterocycles. The standard InChI is InChI=1S/C20H23NOS/c1-14-6-8-16(9-7-14)13-21-20(22)15(2)23-19-11-10-17-4-3-5-18(17)12-19/h6-12,15H,3-5,13H2,1-2H3,(H,21,22)/t15-/m1/s1. The Kier molecular flexibility index (Phi) is 5.06. The fourth-order valence-corrected chi connectivity index (χ4v) is 3.87. The normalized spacial score (nSPS) is 14.3. The van der Waals surface area contributed by atoms with Gasteiger partial charge in [0.05, 0.1) is 5.25 Å². The predicted molar refractivity (Wildman–Crippen MR) is 96.8 cm³/mol. The van der Waals surface area contributed by atoms with Crippen molar-refractivity contribution in [2.45, 2.75) is 49.8 Å². The summed E-state index contributed by atoms with van der Waals surface area (Å²) in [5.74, 6) is 0.0936. The van der Waals surface area contributed by atoms with Gasteiger partial charge in [0.25, 0.3) is 0 Å². The van der Waals surface area contributed by atoms with Crippen LogP contribution in [-0.4, -0.2) is 11.2 Å². The first-order valence-corrected chi connectivity index (χ1v) is 9.11. The van der Waals surface area contributed by atoms with Gasteiger partial charge in [0, 0.05) is 11.4 Å². The fourth-order valence-electron chi connectivity index (χ4n) is 2.92. The van der Waals surface area contributed by atoms with Crippen LogP contribution in [0.15, 0.2) is 47.4 Å². The van der Waals surface area contributed by atoms with Crippen molar-refractivity contribution < 1.29 is 4.79 Å². The Morgan fingerprint density at radius 2 is 1.87 bits per heavy atom. The van der Waals surface area contributed by atoms with Gasteiger partial charge in [0.2, 0.25) is 5.91 Å². The van der Waals surface area contributed by atoms with Gasteiger partial charge < -0.3 is 5.32 Å². The number of amides is 1. The highest BCUT2D eigenvalue weighted by atomic mass is 32.2. The van der Waals surface area contributed by atoms with Crippen LogP contribution >= 0.6 is 11.8 Å². The molecule has 3 rings (SSSR count). The van der Waals surface area contributed by atoms with Gasteiger partial charge in [0.15, 0.2) is 0 Å². The van der Waals surface area contributed by atoms with Crippen LogP contribution in [0.5, 0.6) is 0 Å². The summed E-state index contributed by atoms with van der Waals surface area (Å²) in [6, 6.07) is 14.9. The Hall–Kier alpha value is -1.74. The largest absolute Gasteiger partial charge is 0.351 e. The minimum atomic E-state index is -0.0834. The number of hydrogen-bond acceptors (Lipinski definition) is 2. The molecule has 0 aliphatic heterocycles. The van der Waals surface area contributed by atoms with E-state index in [-0.39, 0.29) is 11.2 Å². The van der Waals surface area contributed by atoms with Crippen LogP contribution in [0.25, 0.3) is 0 Å². The van der Waals surface area contributed by atoms with Crippen molar-refractivity contribution in [1.29, 1.82) is 0 Å². The number of fused-ring (bicyclic) bond motifs is 1. The number of nitrogens with one attached hydrogen (secondary N) is 1. The molecule has 0 heterocycles. The first-order chi connectivity index (χ1) is 11.1. The van der Waals surface area contributed by atoms with E-state index in [0.29, 0.717) is 6.54 Å². The molecular weight excluding hydrogens is 302 g/mol. The second-order valence-corrected chi connectivity index (χ2v) is 7.66. The number of thioether (sulfide) groups is 1. The highest BCUT2D eigenvalue weighted by Gasteiger charge is 2.16. The zero-order chi connectivity index (χ0) is 16.2. The fraction of sp³-hybridized carbons (Fsp3) is 0.350. The lowest BCUT2D eigenvalue weighted by Crippen LogP contribution is -2.30. The van der Waals surface area contributed by atoms with E-state index < -0.39 is 0 Å². The lowest BCUT2D eigenvalue weighted by molar-refractivity contribution is -0.120.